The van der Waals surface area contributed by atoms with Crippen LogP contribution in [-0.4, -0.2) is 36.8 Å². The number of halogens is 3. The number of hydrogen-bond donors (Lipinski definition) is 0. The summed E-state index contributed by atoms with van der Waals surface area (Å²) < 4.78 is 10.8. The summed E-state index contributed by atoms with van der Waals surface area (Å²) in [6.45, 7) is 6.77. The lowest BCUT2D eigenvalue weighted by Gasteiger charge is -2.34. The number of nitrogens with zero attached hydrogens (tertiary/aromatic N) is 1. The molecule has 4 nitrogen and oxygen atoms in total. The number of benzene rings is 1. The van der Waals surface area contributed by atoms with E-state index in [-0.39, 0.29) is 12.0 Å². The van der Waals surface area contributed by atoms with Crippen molar-refractivity contribution in [2.45, 2.75) is 45.1 Å². The Balaban J connectivity index is 2.13. The van der Waals surface area contributed by atoms with Crippen LogP contribution >= 0.6 is 34.8 Å². The van der Waals surface area contributed by atoms with E-state index in [9.17, 15) is 4.79 Å². The third-order valence-corrected chi connectivity index (χ3v) is 5.21. The van der Waals surface area contributed by atoms with Crippen molar-refractivity contribution in [1.29, 1.82) is 0 Å². The summed E-state index contributed by atoms with van der Waals surface area (Å²) in [6, 6.07) is 1.69. The van der Waals surface area contributed by atoms with Crippen molar-refractivity contribution in [3.05, 3.63) is 26.7 Å². The van der Waals surface area contributed by atoms with E-state index in [4.69, 9.17) is 44.3 Å². The fourth-order valence-electron chi connectivity index (χ4n) is 2.81. The van der Waals surface area contributed by atoms with E-state index in [0.29, 0.717) is 33.9 Å². The molecule has 0 aromatic heterocycles. The molecule has 0 aliphatic carbocycles. The lowest BCUT2D eigenvalue weighted by molar-refractivity contribution is 0.0204. The second-order valence-corrected chi connectivity index (χ2v) is 8.01. The number of likely N-dealkylation sites (tertiary alicyclic amines) is 1. The molecule has 0 radical (unpaired) electrons. The van der Waals surface area contributed by atoms with Gasteiger partial charge in [-0.25, -0.2) is 4.79 Å². The minimum Gasteiger partial charge on any atom is -0.496 e. The van der Waals surface area contributed by atoms with Gasteiger partial charge < -0.3 is 14.4 Å². The molecule has 1 fully saturated rings. The summed E-state index contributed by atoms with van der Waals surface area (Å²) in [5.41, 5.74) is 0.363. The van der Waals surface area contributed by atoms with Crippen molar-refractivity contribution in [1.82, 2.24) is 4.90 Å². The number of amides is 1. The third-order valence-electron chi connectivity index (χ3n) is 3.94. The fraction of sp³-hybridized carbons (Fsp3) is 0.588. The Hall–Kier alpha value is -0.840. The Morgan fingerprint density at radius 3 is 2.25 bits per heavy atom. The van der Waals surface area contributed by atoms with Gasteiger partial charge in [-0.05, 0) is 39.5 Å². The molecule has 0 unspecified atom stereocenters. The van der Waals surface area contributed by atoms with Crippen LogP contribution in [0.5, 0.6) is 5.75 Å². The molecule has 24 heavy (non-hydrogen) atoms. The average Bonchev–Trinajstić information content (AvgIpc) is 2.51. The number of ether oxygens (including phenoxy) is 2. The van der Waals surface area contributed by atoms with E-state index in [0.717, 1.165) is 18.4 Å². The van der Waals surface area contributed by atoms with Gasteiger partial charge in [0.15, 0.2) is 0 Å². The van der Waals surface area contributed by atoms with Gasteiger partial charge in [-0.3, -0.25) is 0 Å². The zero-order valence-corrected chi connectivity index (χ0v) is 16.6. The first-order valence-electron chi connectivity index (χ1n) is 7.83. The van der Waals surface area contributed by atoms with Gasteiger partial charge in [0.2, 0.25) is 0 Å². The first kappa shape index (κ1) is 19.5. The van der Waals surface area contributed by atoms with Crippen molar-refractivity contribution >= 4 is 40.9 Å². The molecule has 1 aliphatic rings. The van der Waals surface area contributed by atoms with Crippen molar-refractivity contribution in [3.8, 4) is 5.75 Å². The summed E-state index contributed by atoms with van der Waals surface area (Å²) in [5, 5.41) is 1.13. The maximum Gasteiger partial charge on any atom is 0.410 e. The molecule has 0 spiro atoms. The molecule has 7 heteroatoms. The van der Waals surface area contributed by atoms with E-state index in [2.05, 4.69) is 0 Å². The monoisotopic (exact) mass is 393 g/mol. The molecule has 0 saturated carbocycles. The lowest BCUT2D eigenvalue weighted by Crippen LogP contribution is -2.41. The van der Waals surface area contributed by atoms with Crippen LogP contribution < -0.4 is 4.74 Å². The summed E-state index contributed by atoms with van der Waals surface area (Å²) in [6.07, 6.45) is 1.23. The number of carbonyl (C=O) groups excluding carboxylic acids is 1. The van der Waals surface area contributed by atoms with Gasteiger partial charge in [0.05, 0.1) is 22.2 Å². The SMILES string of the molecule is COc1cc(Cl)c(Cl)c(Cl)c1C1CCN(C(=O)OC(C)(C)C)CC1. The third kappa shape index (κ3) is 4.41. The van der Waals surface area contributed by atoms with Crippen LogP contribution in [0.25, 0.3) is 0 Å². The van der Waals surface area contributed by atoms with E-state index in [1.54, 1.807) is 18.1 Å². The van der Waals surface area contributed by atoms with Crippen LogP contribution in [0.3, 0.4) is 0 Å². The average molecular weight is 395 g/mol. The minimum absolute atomic E-state index is 0.154. The normalized spacial score (nSPS) is 16.2. The van der Waals surface area contributed by atoms with E-state index in [1.165, 1.54) is 0 Å². The maximum absolute atomic E-state index is 12.2. The number of hydrogen-bond acceptors (Lipinski definition) is 3. The summed E-state index contributed by atoms with van der Waals surface area (Å²) in [4.78, 5) is 13.9. The van der Waals surface area contributed by atoms with Crippen molar-refractivity contribution in [3.63, 3.8) is 0 Å². The molecule has 0 N–H and O–H groups in total. The number of piperidine rings is 1. The molecule has 1 heterocycles. The summed E-state index contributed by atoms with van der Waals surface area (Å²) in [5.74, 6) is 0.783. The number of methoxy groups -OCH3 is 1. The fourth-order valence-corrected chi connectivity index (χ4v) is 3.56. The highest BCUT2D eigenvalue weighted by molar-refractivity contribution is 6.48. The standard InChI is InChI=1S/C17H22Cl3NO3/c1-17(2,3)24-16(22)21-7-5-10(6-8-21)13-12(23-4)9-11(18)14(19)15(13)20/h9-10H,5-8H2,1-4H3. The largest absolute Gasteiger partial charge is 0.496 e. The van der Waals surface area contributed by atoms with Gasteiger partial charge in [0.25, 0.3) is 0 Å². The van der Waals surface area contributed by atoms with Crippen LogP contribution in [0, 0.1) is 0 Å². The van der Waals surface area contributed by atoms with Gasteiger partial charge in [-0.2, -0.15) is 0 Å². The Labute approximate surface area is 157 Å². The molecule has 134 valence electrons. The minimum atomic E-state index is -0.496. The molecule has 0 bridgehead atoms. The Morgan fingerprint density at radius 1 is 1.17 bits per heavy atom. The van der Waals surface area contributed by atoms with Crippen LogP contribution in [0.1, 0.15) is 45.1 Å². The second-order valence-electron chi connectivity index (χ2n) is 6.84. The zero-order valence-electron chi connectivity index (χ0n) is 14.3. The van der Waals surface area contributed by atoms with Gasteiger partial charge in [-0.15, -0.1) is 0 Å². The molecule has 1 aromatic carbocycles. The van der Waals surface area contributed by atoms with Gasteiger partial charge in [0, 0.05) is 24.7 Å². The first-order valence-corrected chi connectivity index (χ1v) is 8.96. The highest BCUT2D eigenvalue weighted by Gasteiger charge is 2.30. The maximum atomic E-state index is 12.2. The second kappa shape index (κ2) is 7.59. The lowest BCUT2D eigenvalue weighted by atomic mass is 9.88. The predicted molar refractivity (Wildman–Crippen MR) is 97.8 cm³/mol. The molecule has 2 rings (SSSR count). The number of carbonyl (C=O) groups is 1. The Bertz CT molecular complexity index is 620. The van der Waals surface area contributed by atoms with Crippen LogP contribution in [0.4, 0.5) is 4.79 Å². The van der Waals surface area contributed by atoms with Crippen LogP contribution in [0.2, 0.25) is 15.1 Å². The Morgan fingerprint density at radius 2 is 1.75 bits per heavy atom. The molecular formula is C17H22Cl3NO3. The van der Waals surface area contributed by atoms with E-state index < -0.39 is 5.60 Å². The number of rotatable bonds is 2. The molecule has 1 aliphatic heterocycles. The van der Waals surface area contributed by atoms with Crippen molar-refractivity contribution in [2.24, 2.45) is 0 Å². The summed E-state index contributed by atoms with van der Waals surface area (Å²) >= 11 is 18.6. The zero-order chi connectivity index (χ0) is 18.1. The summed E-state index contributed by atoms with van der Waals surface area (Å²) in [7, 11) is 1.58. The van der Waals surface area contributed by atoms with E-state index in [1.807, 2.05) is 20.8 Å². The molecule has 1 aromatic rings. The first-order chi connectivity index (χ1) is 11.1. The molecule has 0 atom stereocenters. The highest BCUT2D eigenvalue weighted by atomic mass is 35.5. The molecule has 1 amide bonds. The van der Waals surface area contributed by atoms with Crippen LogP contribution in [0.15, 0.2) is 6.07 Å². The van der Waals surface area contributed by atoms with Crippen LogP contribution in [-0.2, 0) is 4.74 Å². The molecule has 1 saturated heterocycles. The van der Waals surface area contributed by atoms with Gasteiger partial charge in [0.1, 0.15) is 11.4 Å². The van der Waals surface area contributed by atoms with Gasteiger partial charge in [-0.1, -0.05) is 34.8 Å². The molecular weight excluding hydrogens is 373 g/mol. The topological polar surface area (TPSA) is 38.8 Å². The quantitative estimate of drug-likeness (QED) is 0.598. The highest BCUT2D eigenvalue weighted by Crippen LogP contribution is 2.45. The van der Waals surface area contributed by atoms with Crippen molar-refractivity contribution < 1.29 is 14.3 Å². The predicted octanol–water partition coefficient (Wildman–Crippen LogP) is 5.77. The Kier molecular flexibility index (Phi) is 6.16. The van der Waals surface area contributed by atoms with Gasteiger partial charge >= 0.3 is 6.09 Å². The van der Waals surface area contributed by atoms with Crippen molar-refractivity contribution in [2.75, 3.05) is 20.2 Å². The van der Waals surface area contributed by atoms with E-state index >= 15 is 0 Å². The smallest absolute Gasteiger partial charge is 0.410 e.